The van der Waals surface area contributed by atoms with Gasteiger partial charge in [-0.25, -0.2) is 8.42 Å². The standard InChI is InChI=1S/C20H31N3O3S/c1-14-4-5-19(12-15(14)2)27(25,26)23-10-7-17(8-11-23)20(24)22-18-6-9-21-16(3)13-18/h4-5,12,16-18,21H,6-11,13H2,1-3H3,(H,22,24). The number of sulfonamides is 1. The number of carbonyl (C=O) groups is 1. The molecule has 2 unspecified atom stereocenters. The van der Waals surface area contributed by atoms with Crippen LogP contribution in [0.2, 0.25) is 0 Å². The van der Waals surface area contributed by atoms with Gasteiger partial charge >= 0.3 is 0 Å². The first-order valence-electron chi connectivity index (χ1n) is 9.88. The molecule has 0 aromatic heterocycles. The molecule has 0 spiro atoms. The smallest absolute Gasteiger partial charge is 0.243 e. The van der Waals surface area contributed by atoms with Crippen LogP contribution in [-0.2, 0) is 14.8 Å². The van der Waals surface area contributed by atoms with Crippen LogP contribution in [0, 0.1) is 19.8 Å². The highest BCUT2D eigenvalue weighted by Gasteiger charge is 2.33. The normalized spacial score (nSPS) is 25.3. The Labute approximate surface area is 162 Å². The highest BCUT2D eigenvalue weighted by molar-refractivity contribution is 7.89. The summed E-state index contributed by atoms with van der Waals surface area (Å²) in [6.45, 7) is 7.75. The average Bonchev–Trinajstić information content (AvgIpc) is 2.64. The molecule has 150 valence electrons. The molecule has 0 radical (unpaired) electrons. The van der Waals surface area contributed by atoms with Gasteiger partial charge in [-0.1, -0.05) is 6.07 Å². The number of aryl methyl sites for hydroxylation is 2. The van der Waals surface area contributed by atoms with Gasteiger partial charge in [0.1, 0.15) is 0 Å². The number of hydrogen-bond donors (Lipinski definition) is 2. The second-order valence-corrected chi connectivity index (χ2v) is 9.95. The molecule has 0 aliphatic carbocycles. The first-order chi connectivity index (χ1) is 12.8. The van der Waals surface area contributed by atoms with E-state index >= 15 is 0 Å². The summed E-state index contributed by atoms with van der Waals surface area (Å²) < 4.78 is 27.3. The lowest BCUT2D eigenvalue weighted by atomic mass is 9.95. The van der Waals surface area contributed by atoms with Gasteiger partial charge in [0, 0.05) is 31.1 Å². The van der Waals surface area contributed by atoms with Crippen LogP contribution in [0.15, 0.2) is 23.1 Å². The molecule has 2 heterocycles. The van der Waals surface area contributed by atoms with E-state index in [1.807, 2.05) is 19.9 Å². The first-order valence-corrected chi connectivity index (χ1v) is 11.3. The third kappa shape index (κ3) is 4.70. The van der Waals surface area contributed by atoms with E-state index in [9.17, 15) is 13.2 Å². The zero-order valence-corrected chi connectivity index (χ0v) is 17.3. The number of benzene rings is 1. The predicted octanol–water partition coefficient (Wildman–Crippen LogP) is 1.96. The first kappa shape index (κ1) is 20.3. The molecule has 2 fully saturated rings. The molecular weight excluding hydrogens is 362 g/mol. The van der Waals surface area contributed by atoms with Crippen LogP contribution in [0.5, 0.6) is 0 Å². The Balaban J connectivity index is 1.57. The van der Waals surface area contributed by atoms with E-state index in [-0.39, 0.29) is 17.9 Å². The van der Waals surface area contributed by atoms with Crippen LogP contribution < -0.4 is 10.6 Å². The van der Waals surface area contributed by atoms with Crippen molar-refractivity contribution in [3.05, 3.63) is 29.3 Å². The lowest BCUT2D eigenvalue weighted by Gasteiger charge is -2.33. The molecule has 2 aliphatic rings. The summed E-state index contributed by atoms with van der Waals surface area (Å²) in [5, 5.41) is 6.56. The quantitative estimate of drug-likeness (QED) is 0.820. The highest BCUT2D eigenvalue weighted by atomic mass is 32.2. The Morgan fingerprint density at radius 1 is 1.15 bits per heavy atom. The molecule has 2 saturated heterocycles. The molecule has 3 rings (SSSR count). The van der Waals surface area contributed by atoms with Gasteiger partial charge < -0.3 is 10.6 Å². The van der Waals surface area contributed by atoms with Gasteiger partial charge in [0.05, 0.1) is 4.90 Å². The van der Waals surface area contributed by atoms with E-state index in [0.717, 1.165) is 30.5 Å². The summed E-state index contributed by atoms with van der Waals surface area (Å²) in [7, 11) is -3.49. The zero-order chi connectivity index (χ0) is 19.6. The molecule has 2 N–H and O–H groups in total. The van der Waals surface area contributed by atoms with Crippen molar-refractivity contribution in [1.29, 1.82) is 0 Å². The van der Waals surface area contributed by atoms with E-state index in [1.54, 1.807) is 12.1 Å². The summed E-state index contributed by atoms with van der Waals surface area (Å²) in [6.07, 6.45) is 3.06. The van der Waals surface area contributed by atoms with Crippen LogP contribution >= 0.6 is 0 Å². The van der Waals surface area contributed by atoms with Crippen LogP contribution in [0.25, 0.3) is 0 Å². The Bertz CT molecular complexity index is 786. The summed E-state index contributed by atoms with van der Waals surface area (Å²) >= 11 is 0. The lowest BCUT2D eigenvalue weighted by molar-refractivity contribution is -0.127. The number of nitrogens with one attached hydrogen (secondary N) is 2. The molecular formula is C20H31N3O3S. The third-order valence-corrected chi connectivity index (χ3v) is 7.81. The van der Waals surface area contributed by atoms with Gasteiger partial charge in [0.25, 0.3) is 0 Å². The molecule has 1 aromatic carbocycles. The fourth-order valence-corrected chi connectivity index (χ4v) is 5.52. The molecule has 1 aromatic rings. The Hall–Kier alpha value is -1.44. The van der Waals surface area contributed by atoms with E-state index in [4.69, 9.17) is 0 Å². The summed E-state index contributed by atoms with van der Waals surface area (Å²) in [5.74, 6) is -0.0151. The number of hydrogen-bond acceptors (Lipinski definition) is 4. The largest absolute Gasteiger partial charge is 0.353 e. The minimum Gasteiger partial charge on any atom is -0.353 e. The van der Waals surface area contributed by atoms with Gasteiger partial charge in [-0.15, -0.1) is 0 Å². The molecule has 0 saturated carbocycles. The van der Waals surface area contributed by atoms with Crippen molar-refractivity contribution in [2.45, 2.75) is 63.4 Å². The molecule has 2 aliphatic heterocycles. The maximum absolute atomic E-state index is 12.9. The fraction of sp³-hybridized carbons (Fsp3) is 0.650. The fourth-order valence-electron chi connectivity index (χ4n) is 3.96. The predicted molar refractivity (Wildman–Crippen MR) is 106 cm³/mol. The minimum atomic E-state index is -3.49. The number of carbonyl (C=O) groups excluding carboxylic acids is 1. The second kappa shape index (κ2) is 8.29. The average molecular weight is 394 g/mol. The van der Waals surface area contributed by atoms with Crippen molar-refractivity contribution < 1.29 is 13.2 Å². The van der Waals surface area contributed by atoms with Crippen molar-refractivity contribution >= 4 is 15.9 Å². The van der Waals surface area contributed by atoms with E-state index in [2.05, 4.69) is 17.6 Å². The Kier molecular flexibility index (Phi) is 6.23. The van der Waals surface area contributed by atoms with Gasteiger partial charge in [-0.05, 0) is 76.3 Å². The third-order valence-electron chi connectivity index (χ3n) is 5.91. The van der Waals surface area contributed by atoms with E-state index in [0.29, 0.717) is 36.9 Å². The minimum absolute atomic E-state index is 0.0809. The second-order valence-electron chi connectivity index (χ2n) is 8.01. The van der Waals surface area contributed by atoms with Gasteiger partial charge in [-0.2, -0.15) is 4.31 Å². The molecule has 2 atom stereocenters. The molecule has 1 amide bonds. The van der Waals surface area contributed by atoms with E-state index < -0.39 is 10.0 Å². The van der Waals surface area contributed by atoms with Gasteiger partial charge in [-0.3, -0.25) is 4.79 Å². The highest BCUT2D eigenvalue weighted by Crippen LogP contribution is 2.25. The molecule has 27 heavy (non-hydrogen) atoms. The summed E-state index contributed by atoms with van der Waals surface area (Å²) in [4.78, 5) is 12.9. The number of nitrogens with zero attached hydrogens (tertiary/aromatic N) is 1. The van der Waals surface area contributed by atoms with Crippen LogP contribution in [0.3, 0.4) is 0 Å². The van der Waals surface area contributed by atoms with Crippen molar-refractivity contribution in [3.8, 4) is 0 Å². The number of rotatable bonds is 4. The summed E-state index contributed by atoms with van der Waals surface area (Å²) in [6, 6.07) is 5.92. The maximum Gasteiger partial charge on any atom is 0.243 e. The van der Waals surface area contributed by atoms with Gasteiger partial charge in [0.15, 0.2) is 0 Å². The van der Waals surface area contributed by atoms with Crippen molar-refractivity contribution in [2.24, 2.45) is 5.92 Å². The van der Waals surface area contributed by atoms with E-state index in [1.165, 1.54) is 4.31 Å². The molecule has 0 bridgehead atoms. The molecule has 6 nitrogen and oxygen atoms in total. The van der Waals surface area contributed by atoms with Crippen LogP contribution in [0.1, 0.15) is 43.7 Å². The van der Waals surface area contributed by atoms with Crippen LogP contribution in [-0.4, -0.2) is 50.3 Å². The monoisotopic (exact) mass is 393 g/mol. The Morgan fingerprint density at radius 2 is 1.85 bits per heavy atom. The molecule has 7 heteroatoms. The van der Waals surface area contributed by atoms with Crippen LogP contribution in [0.4, 0.5) is 0 Å². The topological polar surface area (TPSA) is 78.5 Å². The van der Waals surface area contributed by atoms with Crippen molar-refractivity contribution in [3.63, 3.8) is 0 Å². The number of amides is 1. The van der Waals surface area contributed by atoms with Gasteiger partial charge in [0.2, 0.25) is 15.9 Å². The summed E-state index contributed by atoms with van der Waals surface area (Å²) in [5.41, 5.74) is 2.05. The maximum atomic E-state index is 12.9. The van der Waals surface area contributed by atoms with Crippen molar-refractivity contribution in [2.75, 3.05) is 19.6 Å². The Morgan fingerprint density at radius 3 is 2.48 bits per heavy atom. The SMILES string of the molecule is Cc1ccc(S(=O)(=O)N2CCC(C(=O)NC3CCNC(C)C3)CC2)cc1C. The van der Waals surface area contributed by atoms with Crippen molar-refractivity contribution in [1.82, 2.24) is 14.9 Å². The zero-order valence-electron chi connectivity index (χ0n) is 16.5. The number of piperidine rings is 2. The lowest BCUT2D eigenvalue weighted by Crippen LogP contribution is -2.49.